The first kappa shape index (κ1) is 17.5. The van der Waals surface area contributed by atoms with Gasteiger partial charge in [-0.05, 0) is 51.6 Å². The minimum Gasteiger partial charge on any atom is -0.497 e. The number of nitrogens with zero attached hydrogens (tertiary/aromatic N) is 3. The predicted molar refractivity (Wildman–Crippen MR) is 97.9 cm³/mol. The molecule has 6 nitrogen and oxygen atoms in total. The number of amides is 1. The minimum atomic E-state index is 0.0916. The van der Waals surface area contributed by atoms with Crippen LogP contribution in [-0.2, 0) is 11.3 Å². The number of benzene rings is 1. The third-order valence-electron chi connectivity index (χ3n) is 4.86. The Kier molecular flexibility index (Phi) is 5.08. The average Bonchev–Trinajstić information content (AvgIpc) is 2.85. The molecule has 0 unspecified atom stereocenters. The summed E-state index contributed by atoms with van der Waals surface area (Å²) < 4.78 is 7.03. The van der Waals surface area contributed by atoms with Gasteiger partial charge in [-0.15, -0.1) is 0 Å². The number of aryl methyl sites for hydroxylation is 1. The summed E-state index contributed by atoms with van der Waals surface area (Å²) in [7, 11) is 5.78. The average molecular weight is 342 g/mol. The fourth-order valence-corrected chi connectivity index (χ4v) is 3.12. The number of methoxy groups -OCH3 is 1. The highest BCUT2D eigenvalue weighted by Crippen LogP contribution is 2.31. The van der Waals surface area contributed by atoms with Gasteiger partial charge in [0.2, 0.25) is 5.91 Å². The van der Waals surface area contributed by atoms with Gasteiger partial charge in [-0.25, -0.2) is 4.68 Å². The Hall–Kier alpha value is -2.34. The molecule has 2 aromatic rings. The van der Waals surface area contributed by atoms with E-state index in [9.17, 15) is 4.79 Å². The number of anilines is 1. The molecule has 1 N–H and O–H groups in total. The van der Waals surface area contributed by atoms with Crippen LogP contribution < -0.4 is 10.1 Å². The highest BCUT2D eigenvalue weighted by molar-refractivity contribution is 5.92. The van der Waals surface area contributed by atoms with Crippen LogP contribution in [0.25, 0.3) is 0 Å². The molecule has 0 atom stereocenters. The van der Waals surface area contributed by atoms with Crippen LogP contribution in [0, 0.1) is 12.8 Å². The van der Waals surface area contributed by atoms with Gasteiger partial charge in [-0.2, -0.15) is 5.10 Å². The van der Waals surface area contributed by atoms with Gasteiger partial charge in [0.05, 0.1) is 19.3 Å². The van der Waals surface area contributed by atoms with E-state index >= 15 is 0 Å². The van der Waals surface area contributed by atoms with Crippen molar-refractivity contribution in [3.05, 3.63) is 41.6 Å². The van der Waals surface area contributed by atoms with Gasteiger partial charge in [0.25, 0.3) is 0 Å². The monoisotopic (exact) mass is 342 g/mol. The van der Waals surface area contributed by atoms with E-state index in [1.165, 1.54) is 0 Å². The third kappa shape index (κ3) is 4.02. The second-order valence-electron chi connectivity index (χ2n) is 6.95. The Balaban J connectivity index is 1.65. The van der Waals surface area contributed by atoms with E-state index in [2.05, 4.69) is 29.4 Å². The Morgan fingerprint density at radius 2 is 2.00 bits per heavy atom. The summed E-state index contributed by atoms with van der Waals surface area (Å²) in [4.78, 5) is 14.7. The molecule has 0 spiro atoms. The van der Waals surface area contributed by atoms with E-state index in [1.807, 2.05) is 41.9 Å². The van der Waals surface area contributed by atoms with Crippen LogP contribution in [-0.4, -0.2) is 47.8 Å². The van der Waals surface area contributed by atoms with Crippen LogP contribution in [0.3, 0.4) is 0 Å². The SMILES string of the molecule is COc1ccc(Cn2nc(C)cc2NC(=O)C2CC(N(C)C)C2)cc1. The topological polar surface area (TPSA) is 59.4 Å². The molecular formula is C19H26N4O2. The lowest BCUT2D eigenvalue weighted by molar-refractivity contribution is -0.124. The number of carbonyl (C=O) groups is 1. The number of hydrogen-bond acceptors (Lipinski definition) is 4. The number of rotatable bonds is 6. The van der Waals surface area contributed by atoms with Crippen molar-refractivity contribution in [2.45, 2.75) is 32.4 Å². The van der Waals surface area contributed by atoms with Gasteiger partial charge in [0.1, 0.15) is 11.6 Å². The lowest BCUT2D eigenvalue weighted by Gasteiger charge is -2.38. The Morgan fingerprint density at radius 1 is 1.32 bits per heavy atom. The molecule has 1 aromatic heterocycles. The molecule has 1 fully saturated rings. The van der Waals surface area contributed by atoms with E-state index in [0.29, 0.717) is 12.6 Å². The summed E-state index contributed by atoms with van der Waals surface area (Å²) in [5, 5.41) is 7.56. The Labute approximate surface area is 148 Å². The summed E-state index contributed by atoms with van der Waals surface area (Å²) in [6.45, 7) is 2.55. The van der Waals surface area contributed by atoms with Crippen molar-refractivity contribution in [2.75, 3.05) is 26.5 Å². The molecule has 3 rings (SSSR count). The third-order valence-corrected chi connectivity index (χ3v) is 4.86. The fourth-order valence-electron chi connectivity index (χ4n) is 3.12. The first-order valence-corrected chi connectivity index (χ1v) is 8.61. The van der Waals surface area contributed by atoms with Crippen LogP contribution in [0.4, 0.5) is 5.82 Å². The highest BCUT2D eigenvalue weighted by Gasteiger charge is 2.35. The number of hydrogen-bond donors (Lipinski definition) is 1. The molecule has 25 heavy (non-hydrogen) atoms. The number of ether oxygens (including phenoxy) is 1. The number of aromatic nitrogens is 2. The molecule has 0 aliphatic heterocycles. The second-order valence-corrected chi connectivity index (χ2v) is 6.95. The summed E-state index contributed by atoms with van der Waals surface area (Å²) in [5.74, 6) is 1.77. The lowest BCUT2D eigenvalue weighted by atomic mass is 9.79. The lowest BCUT2D eigenvalue weighted by Crippen LogP contribution is -2.45. The highest BCUT2D eigenvalue weighted by atomic mass is 16.5. The van der Waals surface area contributed by atoms with Crippen molar-refractivity contribution >= 4 is 11.7 Å². The van der Waals surface area contributed by atoms with Crippen LogP contribution in [0.5, 0.6) is 5.75 Å². The van der Waals surface area contributed by atoms with Gasteiger partial charge >= 0.3 is 0 Å². The van der Waals surface area contributed by atoms with Gasteiger partial charge in [0, 0.05) is 18.0 Å². The summed E-state index contributed by atoms with van der Waals surface area (Å²) >= 11 is 0. The number of nitrogens with one attached hydrogen (secondary N) is 1. The molecule has 1 aliphatic carbocycles. The maximum atomic E-state index is 12.5. The largest absolute Gasteiger partial charge is 0.497 e. The van der Waals surface area contributed by atoms with Gasteiger partial charge in [0.15, 0.2) is 0 Å². The maximum Gasteiger partial charge on any atom is 0.228 e. The normalized spacial score (nSPS) is 19.6. The van der Waals surface area contributed by atoms with E-state index in [-0.39, 0.29) is 11.8 Å². The summed E-state index contributed by atoms with van der Waals surface area (Å²) in [6, 6.07) is 10.3. The van der Waals surface area contributed by atoms with Crippen molar-refractivity contribution < 1.29 is 9.53 Å². The van der Waals surface area contributed by atoms with Crippen molar-refractivity contribution in [3.63, 3.8) is 0 Å². The number of carbonyl (C=O) groups excluding carboxylic acids is 1. The molecule has 0 saturated heterocycles. The van der Waals surface area contributed by atoms with Crippen molar-refractivity contribution in [1.82, 2.24) is 14.7 Å². The van der Waals surface area contributed by atoms with Crippen LogP contribution in [0.1, 0.15) is 24.1 Å². The molecule has 0 radical (unpaired) electrons. The molecular weight excluding hydrogens is 316 g/mol. The minimum absolute atomic E-state index is 0.0916. The Morgan fingerprint density at radius 3 is 2.60 bits per heavy atom. The molecule has 134 valence electrons. The zero-order chi connectivity index (χ0) is 18.0. The molecule has 1 saturated carbocycles. The van der Waals surface area contributed by atoms with Crippen LogP contribution in [0.2, 0.25) is 0 Å². The van der Waals surface area contributed by atoms with Gasteiger partial charge < -0.3 is 15.0 Å². The van der Waals surface area contributed by atoms with Crippen molar-refractivity contribution in [1.29, 1.82) is 0 Å². The molecule has 0 bridgehead atoms. The smallest absolute Gasteiger partial charge is 0.228 e. The van der Waals surface area contributed by atoms with E-state index in [4.69, 9.17) is 4.74 Å². The standard InChI is InChI=1S/C19H26N4O2/c1-13-9-18(20-19(24)15-10-16(11-15)22(2)3)23(21-13)12-14-5-7-17(25-4)8-6-14/h5-9,15-16H,10-12H2,1-4H3,(H,20,24). The Bertz CT molecular complexity index is 730. The first-order chi connectivity index (χ1) is 12.0. The van der Waals surface area contributed by atoms with Crippen molar-refractivity contribution in [2.24, 2.45) is 5.92 Å². The maximum absolute atomic E-state index is 12.5. The predicted octanol–water partition coefficient (Wildman–Crippen LogP) is 2.53. The quantitative estimate of drug-likeness (QED) is 0.876. The van der Waals surface area contributed by atoms with Crippen LogP contribution >= 0.6 is 0 Å². The van der Waals surface area contributed by atoms with Gasteiger partial charge in [-0.1, -0.05) is 12.1 Å². The first-order valence-electron chi connectivity index (χ1n) is 8.61. The van der Waals surface area contributed by atoms with Crippen LogP contribution in [0.15, 0.2) is 30.3 Å². The zero-order valence-corrected chi connectivity index (χ0v) is 15.3. The molecule has 1 heterocycles. The van der Waals surface area contributed by atoms with E-state index in [0.717, 1.165) is 35.7 Å². The fraction of sp³-hybridized carbons (Fsp3) is 0.474. The summed E-state index contributed by atoms with van der Waals surface area (Å²) in [6.07, 6.45) is 1.84. The van der Waals surface area contributed by atoms with Gasteiger partial charge in [-0.3, -0.25) is 4.79 Å². The second kappa shape index (κ2) is 7.27. The van der Waals surface area contributed by atoms with E-state index < -0.39 is 0 Å². The zero-order valence-electron chi connectivity index (χ0n) is 15.3. The molecule has 1 aliphatic rings. The summed E-state index contributed by atoms with van der Waals surface area (Å²) in [5.41, 5.74) is 2.00. The molecule has 1 amide bonds. The molecule has 1 aromatic carbocycles. The molecule has 6 heteroatoms. The van der Waals surface area contributed by atoms with E-state index in [1.54, 1.807) is 7.11 Å². The van der Waals surface area contributed by atoms with Crippen molar-refractivity contribution in [3.8, 4) is 5.75 Å².